The van der Waals surface area contributed by atoms with E-state index < -0.39 is 0 Å². The molecule has 84 valence electrons. The second-order valence-corrected chi connectivity index (χ2v) is 4.75. The first kappa shape index (κ1) is 9.86. The Labute approximate surface area is 95.6 Å². The highest BCUT2D eigenvalue weighted by atomic mass is 15.4. The van der Waals surface area contributed by atoms with E-state index in [9.17, 15) is 0 Å². The van der Waals surface area contributed by atoms with Gasteiger partial charge in [0.05, 0.1) is 11.7 Å². The molecule has 3 rings (SSSR count). The fourth-order valence-corrected chi connectivity index (χ4v) is 3.04. The zero-order valence-corrected chi connectivity index (χ0v) is 9.56. The Morgan fingerprint density at radius 1 is 1.50 bits per heavy atom. The van der Waals surface area contributed by atoms with Gasteiger partial charge in [-0.3, -0.25) is 4.90 Å². The smallest absolute Gasteiger partial charge is 0.103 e. The number of rotatable bonds is 1. The number of fused-ring (bicyclic) bond motifs is 4. The van der Waals surface area contributed by atoms with Crippen molar-refractivity contribution in [3.05, 3.63) is 11.4 Å². The summed E-state index contributed by atoms with van der Waals surface area (Å²) in [6.07, 6.45) is 10.2. The molecule has 2 aliphatic heterocycles. The van der Waals surface area contributed by atoms with Gasteiger partial charge in [-0.05, 0) is 26.3 Å². The Balaban J connectivity index is 2.03. The lowest BCUT2D eigenvalue weighted by molar-refractivity contribution is 0.0953. The van der Waals surface area contributed by atoms with Crippen molar-refractivity contribution in [2.24, 2.45) is 0 Å². The van der Waals surface area contributed by atoms with Crippen molar-refractivity contribution >= 4 is 0 Å². The normalized spacial score (nSPS) is 28.5. The molecule has 1 fully saturated rings. The molecule has 2 atom stereocenters. The maximum Gasteiger partial charge on any atom is 0.103 e. The lowest BCUT2D eigenvalue weighted by atomic mass is 9.85. The van der Waals surface area contributed by atoms with E-state index in [1.165, 1.54) is 25.0 Å². The lowest BCUT2D eigenvalue weighted by Gasteiger charge is -2.42. The third-order valence-corrected chi connectivity index (χ3v) is 3.94. The highest BCUT2D eigenvalue weighted by molar-refractivity contribution is 5.22. The number of terminal acetylenes is 1. The van der Waals surface area contributed by atoms with Gasteiger partial charge < -0.3 is 0 Å². The van der Waals surface area contributed by atoms with Gasteiger partial charge in [-0.15, -0.1) is 11.5 Å². The Kier molecular flexibility index (Phi) is 2.22. The quantitative estimate of drug-likeness (QED) is 0.657. The average Bonchev–Trinajstić information content (AvgIpc) is 2.62. The predicted octanol–water partition coefficient (Wildman–Crippen LogP) is 0.993. The molecule has 0 amide bonds. The first-order valence-corrected chi connectivity index (χ1v) is 5.89. The van der Waals surface area contributed by atoms with Crippen molar-refractivity contribution in [2.75, 3.05) is 7.05 Å². The predicted molar refractivity (Wildman–Crippen MR) is 60.7 cm³/mol. The molecule has 0 radical (unpaired) electrons. The molecular formula is C12H16N4. The number of hydrogen-bond donors (Lipinski definition) is 0. The summed E-state index contributed by atoms with van der Waals surface area (Å²) in [4.78, 5) is 2.46. The van der Waals surface area contributed by atoms with Gasteiger partial charge in [0.25, 0.3) is 0 Å². The summed E-state index contributed by atoms with van der Waals surface area (Å²) < 4.78 is 1.90. The van der Waals surface area contributed by atoms with Gasteiger partial charge in [0.2, 0.25) is 0 Å². The molecule has 0 spiro atoms. The molecular weight excluding hydrogens is 200 g/mol. The summed E-state index contributed by atoms with van der Waals surface area (Å²) in [6.45, 7) is 0.547. The van der Waals surface area contributed by atoms with Gasteiger partial charge >= 0.3 is 0 Å². The van der Waals surface area contributed by atoms with Crippen LogP contribution in [0.4, 0.5) is 0 Å². The summed E-state index contributed by atoms with van der Waals surface area (Å²) in [5.74, 6) is 2.64. The zero-order chi connectivity index (χ0) is 11.1. The lowest BCUT2D eigenvalue weighted by Crippen LogP contribution is -2.44. The fourth-order valence-electron chi connectivity index (χ4n) is 3.04. The molecule has 1 saturated heterocycles. The molecule has 1 aromatic rings. The van der Waals surface area contributed by atoms with E-state index in [1.54, 1.807) is 0 Å². The van der Waals surface area contributed by atoms with Crippen LogP contribution in [0, 0.1) is 12.3 Å². The molecule has 0 aromatic carbocycles. The monoisotopic (exact) mass is 216 g/mol. The first-order chi connectivity index (χ1) is 7.81. The number of piperidine rings is 1. The van der Waals surface area contributed by atoms with Crippen LogP contribution in [0.15, 0.2) is 0 Å². The fraction of sp³-hybridized carbons (Fsp3) is 0.667. The molecule has 0 aliphatic carbocycles. The summed E-state index contributed by atoms with van der Waals surface area (Å²) >= 11 is 0. The molecule has 2 aliphatic rings. The Hall–Kier alpha value is -1.34. The first-order valence-electron chi connectivity index (χ1n) is 5.89. The van der Waals surface area contributed by atoms with Crippen LogP contribution in [-0.4, -0.2) is 33.0 Å². The molecule has 0 N–H and O–H groups in total. The summed E-state index contributed by atoms with van der Waals surface area (Å²) in [5, 5.41) is 8.50. The van der Waals surface area contributed by atoms with E-state index in [-0.39, 0.29) is 0 Å². The zero-order valence-electron chi connectivity index (χ0n) is 9.56. The van der Waals surface area contributed by atoms with Crippen molar-refractivity contribution in [3.63, 3.8) is 0 Å². The van der Waals surface area contributed by atoms with Crippen LogP contribution in [0.2, 0.25) is 0 Å². The number of likely N-dealkylation sites (N-methyl/N-ethyl adjacent to an activating group) is 1. The van der Waals surface area contributed by atoms with Crippen LogP contribution in [0.5, 0.6) is 0 Å². The van der Waals surface area contributed by atoms with Gasteiger partial charge in [-0.2, -0.15) is 0 Å². The highest BCUT2D eigenvalue weighted by Crippen LogP contribution is 2.39. The molecule has 0 saturated carbocycles. The van der Waals surface area contributed by atoms with Gasteiger partial charge in [-0.25, -0.2) is 4.68 Å². The topological polar surface area (TPSA) is 34.0 Å². The van der Waals surface area contributed by atoms with Crippen molar-refractivity contribution in [1.29, 1.82) is 0 Å². The molecule has 2 unspecified atom stereocenters. The average molecular weight is 216 g/mol. The van der Waals surface area contributed by atoms with Gasteiger partial charge in [0.1, 0.15) is 12.2 Å². The number of aromatic nitrogens is 3. The SMILES string of the molecule is C#CCn1nnc2c1CC1CCCC2N1C. The van der Waals surface area contributed by atoms with Gasteiger partial charge in [0, 0.05) is 12.5 Å². The second-order valence-electron chi connectivity index (χ2n) is 4.75. The molecule has 2 bridgehead atoms. The molecule has 1 aromatic heterocycles. The van der Waals surface area contributed by atoms with Crippen LogP contribution in [0.1, 0.15) is 36.7 Å². The summed E-state index contributed by atoms with van der Waals surface area (Å²) in [7, 11) is 2.21. The van der Waals surface area contributed by atoms with Crippen LogP contribution >= 0.6 is 0 Å². The van der Waals surface area contributed by atoms with E-state index >= 15 is 0 Å². The van der Waals surface area contributed by atoms with Crippen LogP contribution in [0.25, 0.3) is 0 Å². The van der Waals surface area contributed by atoms with E-state index in [2.05, 4.69) is 28.2 Å². The molecule has 16 heavy (non-hydrogen) atoms. The Bertz CT molecular complexity index is 442. The van der Waals surface area contributed by atoms with E-state index in [0.29, 0.717) is 18.6 Å². The van der Waals surface area contributed by atoms with E-state index in [1.807, 2.05) is 4.68 Å². The maximum absolute atomic E-state index is 5.35. The van der Waals surface area contributed by atoms with Crippen molar-refractivity contribution in [1.82, 2.24) is 19.9 Å². The van der Waals surface area contributed by atoms with Crippen LogP contribution in [-0.2, 0) is 13.0 Å². The largest absolute Gasteiger partial charge is 0.294 e. The number of nitrogens with zero attached hydrogens (tertiary/aromatic N) is 4. The van der Waals surface area contributed by atoms with Crippen molar-refractivity contribution < 1.29 is 0 Å². The van der Waals surface area contributed by atoms with Crippen LogP contribution < -0.4 is 0 Å². The van der Waals surface area contributed by atoms with E-state index in [4.69, 9.17) is 6.42 Å². The van der Waals surface area contributed by atoms with Crippen LogP contribution in [0.3, 0.4) is 0 Å². The standard InChI is InChI=1S/C12H16N4/c1-3-7-16-11-8-9-5-4-6-10(15(9)2)12(11)13-14-16/h1,9-10H,4-8H2,2H3. The molecule has 4 nitrogen and oxygen atoms in total. The third kappa shape index (κ3) is 1.28. The Morgan fingerprint density at radius 3 is 3.19 bits per heavy atom. The minimum Gasteiger partial charge on any atom is -0.294 e. The van der Waals surface area contributed by atoms with Crippen molar-refractivity contribution in [2.45, 2.75) is 44.3 Å². The highest BCUT2D eigenvalue weighted by Gasteiger charge is 2.38. The maximum atomic E-state index is 5.35. The van der Waals surface area contributed by atoms with E-state index in [0.717, 1.165) is 12.1 Å². The minimum atomic E-state index is 0.467. The minimum absolute atomic E-state index is 0.467. The summed E-state index contributed by atoms with van der Waals surface area (Å²) in [6, 6.07) is 1.12. The third-order valence-electron chi connectivity index (χ3n) is 3.94. The molecule has 4 heteroatoms. The Morgan fingerprint density at radius 2 is 2.38 bits per heavy atom. The van der Waals surface area contributed by atoms with Gasteiger partial charge in [0.15, 0.2) is 0 Å². The van der Waals surface area contributed by atoms with Crippen molar-refractivity contribution in [3.8, 4) is 12.3 Å². The molecule has 3 heterocycles. The second kappa shape index (κ2) is 3.60. The van der Waals surface area contributed by atoms with Gasteiger partial charge in [-0.1, -0.05) is 11.1 Å². The number of hydrogen-bond acceptors (Lipinski definition) is 3. The summed E-state index contributed by atoms with van der Waals surface area (Å²) in [5.41, 5.74) is 2.43.